The fourth-order valence-corrected chi connectivity index (χ4v) is 3.64. The minimum Gasteiger partial charge on any atom is -0.465 e. The van der Waals surface area contributed by atoms with Gasteiger partial charge in [0.25, 0.3) is 0 Å². The fraction of sp³-hybridized carbons (Fsp3) is 0.364. The summed E-state index contributed by atoms with van der Waals surface area (Å²) in [6.45, 7) is 11.8. The van der Waals surface area contributed by atoms with Gasteiger partial charge in [-0.05, 0) is 51.3 Å². The van der Waals surface area contributed by atoms with E-state index in [0.717, 1.165) is 21.2 Å². The molecule has 0 atom stereocenters. The Balaban J connectivity index is 3.05. The van der Waals surface area contributed by atoms with E-state index in [-0.39, 0.29) is 11.4 Å². The Labute approximate surface area is 179 Å². The Morgan fingerprint density at radius 2 is 1.31 bits per heavy atom. The highest BCUT2D eigenvalue weighted by Crippen LogP contribution is 2.47. The van der Waals surface area contributed by atoms with Gasteiger partial charge < -0.3 is 10.2 Å². The van der Waals surface area contributed by atoms with Gasteiger partial charge in [0.15, 0.2) is 0 Å². The lowest BCUT2D eigenvalue weighted by Gasteiger charge is -2.33. The van der Waals surface area contributed by atoms with Crippen LogP contribution in [0.15, 0.2) is 34.8 Å². The lowest BCUT2D eigenvalue weighted by Crippen LogP contribution is -2.25. The van der Waals surface area contributed by atoms with E-state index in [9.17, 15) is 19.8 Å². The van der Waals surface area contributed by atoms with Crippen LogP contribution in [-0.2, 0) is 10.8 Å². The van der Waals surface area contributed by atoms with Crippen LogP contribution in [-0.4, -0.2) is 22.4 Å². The molecule has 0 aliphatic carbocycles. The predicted molar refractivity (Wildman–Crippen MR) is 120 cm³/mol. The van der Waals surface area contributed by atoms with E-state index in [2.05, 4.69) is 26.6 Å². The molecule has 0 bridgehead atoms. The minimum atomic E-state index is -1.25. The summed E-state index contributed by atoms with van der Waals surface area (Å²) in [5, 5.41) is 23.9. The summed E-state index contributed by atoms with van der Waals surface area (Å²) in [6.07, 6.45) is -2.50. The van der Waals surface area contributed by atoms with Gasteiger partial charge in [-0.1, -0.05) is 69.6 Å². The topological polar surface area (TPSA) is 98.7 Å². The monoisotopic (exact) mass is 462 g/mol. The summed E-state index contributed by atoms with van der Waals surface area (Å²) < 4.78 is 0.933. The van der Waals surface area contributed by atoms with Crippen molar-refractivity contribution in [3.05, 3.63) is 45.9 Å². The molecule has 2 rings (SSSR count). The Hall–Kier alpha value is -2.54. The van der Waals surface area contributed by atoms with Crippen LogP contribution in [0.1, 0.15) is 52.7 Å². The summed E-state index contributed by atoms with van der Waals surface area (Å²) in [5.74, 6) is 0. The number of nitrogens with one attached hydrogen (secondary N) is 2. The zero-order valence-corrected chi connectivity index (χ0v) is 19.1. The van der Waals surface area contributed by atoms with Crippen LogP contribution >= 0.6 is 15.9 Å². The van der Waals surface area contributed by atoms with E-state index in [0.29, 0.717) is 5.56 Å². The van der Waals surface area contributed by atoms with E-state index >= 15 is 0 Å². The van der Waals surface area contributed by atoms with Gasteiger partial charge in [0.2, 0.25) is 0 Å². The van der Waals surface area contributed by atoms with Gasteiger partial charge in [0, 0.05) is 4.47 Å². The molecule has 29 heavy (non-hydrogen) atoms. The molecule has 0 unspecified atom stereocenters. The van der Waals surface area contributed by atoms with Crippen LogP contribution in [0.4, 0.5) is 21.0 Å². The molecule has 2 aromatic carbocycles. The highest BCUT2D eigenvalue weighted by atomic mass is 79.9. The Bertz CT molecular complexity index is 939. The number of amides is 2. The first-order valence-electron chi connectivity index (χ1n) is 9.19. The fourth-order valence-electron chi connectivity index (χ4n) is 3.38. The predicted octanol–water partition coefficient (Wildman–Crippen LogP) is 6.89. The lowest BCUT2D eigenvalue weighted by molar-refractivity contribution is 0.208. The first kappa shape index (κ1) is 22.7. The summed E-state index contributed by atoms with van der Waals surface area (Å²) in [7, 11) is 0. The maximum absolute atomic E-state index is 11.6. The number of carbonyl (C=O) groups is 2. The molecule has 0 saturated carbocycles. The highest BCUT2D eigenvalue weighted by molar-refractivity contribution is 9.10. The van der Waals surface area contributed by atoms with Crippen LogP contribution in [0, 0.1) is 0 Å². The SMILES string of the molecule is CC(C)(C)c1cc(-c2ccc(Br)cc2)c(C(C)(C)C)c(NC(=O)O)c1NC(=O)O. The number of benzene rings is 2. The maximum Gasteiger partial charge on any atom is 0.409 e. The zero-order chi connectivity index (χ0) is 22.1. The number of hydrogen-bond donors (Lipinski definition) is 4. The summed E-state index contributed by atoms with van der Waals surface area (Å²) >= 11 is 3.44. The molecule has 4 N–H and O–H groups in total. The van der Waals surface area contributed by atoms with Gasteiger partial charge in [-0.25, -0.2) is 9.59 Å². The highest BCUT2D eigenvalue weighted by Gasteiger charge is 2.32. The largest absolute Gasteiger partial charge is 0.465 e. The zero-order valence-electron chi connectivity index (χ0n) is 17.5. The van der Waals surface area contributed by atoms with E-state index in [4.69, 9.17) is 0 Å². The molecule has 0 fully saturated rings. The van der Waals surface area contributed by atoms with E-state index < -0.39 is 23.0 Å². The van der Waals surface area contributed by atoms with Crippen LogP contribution < -0.4 is 10.6 Å². The summed E-state index contributed by atoms with van der Waals surface area (Å²) in [6, 6.07) is 9.71. The molecule has 7 heteroatoms. The molecule has 0 aliphatic heterocycles. The standard InChI is InChI=1S/C22H27BrN2O4/c1-21(2,3)15-11-14(12-7-9-13(23)10-8-12)16(22(4,5)6)18(25-20(28)29)17(15)24-19(26)27/h7-11,24-25H,1-6H3,(H,26,27)(H,28,29). The van der Waals surface area contributed by atoms with Crippen LogP contribution in [0.3, 0.4) is 0 Å². The Kier molecular flexibility index (Phi) is 6.33. The summed E-state index contributed by atoms with van der Waals surface area (Å²) in [5.41, 5.74) is 2.82. The van der Waals surface area contributed by atoms with Crippen molar-refractivity contribution in [2.24, 2.45) is 0 Å². The average Bonchev–Trinajstić information content (AvgIpc) is 2.53. The molecule has 0 spiro atoms. The smallest absolute Gasteiger partial charge is 0.409 e. The van der Waals surface area contributed by atoms with Crippen molar-refractivity contribution in [1.29, 1.82) is 0 Å². The van der Waals surface area contributed by atoms with Gasteiger partial charge in [-0.3, -0.25) is 10.6 Å². The van der Waals surface area contributed by atoms with E-state index in [1.165, 1.54) is 0 Å². The first-order chi connectivity index (χ1) is 13.2. The Morgan fingerprint density at radius 3 is 1.72 bits per heavy atom. The average molecular weight is 463 g/mol. The molecule has 2 amide bonds. The molecule has 0 radical (unpaired) electrons. The van der Waals surface area contributed by atoms with Crippen molar-refractivity contribution in [3.8, 4) is 11.1 Å². The Morgan fingerprint density at radius 1 is 0.828 bits per heavy atom. The van der Waals surface area contributed by atoms with Gasteiger partial charge in [-0.15, -0.1) is 0 Å². The molecule has 0 heterocycles. The molecular formula is C22H27BrN2O4. The van der Waals surface area contributed by atoms with E-state index in [1.807, 2.05) is 71.9 Å². The maximum atomic E-state index is 11.6. The molecule has 156 valence electrons. The third-order valence-electron chi connectivity index (χ3n) is 4.50. The van der Waals surface area contributed by atoms with Crippen LogP contribution in [0.25, 0.3) is 11.1 Å². The molecule has 0 aromatic heterocycles. The molecule has 2 aromatic rings. The molecular weight excluding hydrogens is 436 g/mol. The molecule has 6 nitrogen and oxygen atoms in total. The van der Waals surface area contributed by atoms with E-state index in [1.54, 1.807) is 0 Å². The second kappa shape index (κ2) is 8.06. The van der Waals surface area contributed by atoms with Crippen molar-refractivity contribution in [1.82, 2.24) is 0 Å². The quantitative estimate of drug-likeness (QED) is 0.398. The number of halogens is 1. The van der Waals surface area contributed by atoms with Gasteiger partial charge in [0.05, 0.1) is 11.4 Å². The van der Waals surface area contributed by atoms with Crippen LogP contribution in [0.5, 0.6) is 0 Å². The second-order valence-corrected chi connectivity index (χ2v) is 9.88. The van der Waals surface area contributed by atoms with Crippen molar-refractivity contribution in [2.45, 2.75) is 52.4 Å². The third-order valence-corrected chi connectivity index (χ3v) is 5.03. The molecule has 0 saturated heterocycles. The third kappa shape index (κ3) is 5.29. The van der Waals surface area contributed by atoms with Crippen molar-refractivity contribution < 1.29 is 19.8 Å². The summed E-state index contributed by atoms with van der Waals surface area (Å²) in [4.78, 5) is 23.2. The van der Waals surface area contributed by atoms with Gasteiger partial charge >= 0.3 is 12.2 Å². The minimum absolute atomic E-state index is 0.262. The van der Waals surface area contributed by atoms with Gasteiger partial charge in [0.1, 0.15) is 0 Å². The number of hydrogen-bond acceptors (Lipinski definition) is 2. The first-order valence-corrected chi connectivity index (χ1v) is 9.99. The number of anilines is 2. The number of rotatable bonds is 3. The van der Waals surface area contributed by atoms with Crippen LogP contribution in [0.2, 0.25) is 0 Å². The second-order valence-electron chi connectivity index (χ2n) is 8.96. The van der Waals surface area contributed by atoms with Gasteiger partial charge in [-0.2, -0.15) is 0 Å². The molecule has 0 aliphatic rings. The van der Waals surface area contributed by atoms with Crippen molar-refractivity contribution in [2.75, 3.05) is 10.6 Å². The lowest BCUT2D eigenvalue weighted by atomic mass is 9.75. The van der Waals surface area contributed by atoms with Crippen molar-refractivity contribution in [3.63, 3.8) is 0 Å². The van der Waals surface area contributed by atoms with Crippen molar-refractivity contribution >= 4 is 39.5 Å². The number of carboxylic acid groups (broad SMARTS) is 2. The normalized spacial score (nSPS) is 11.8.